The molecule has 0 saturated heterocycles. The molecule has 25 heavy (non-hydrogen) atoms. The zero-order valence-electron chi connectivity index (χ0n) is 13.0. The van der Waals surface area contributed by atoms with E-state index in [9.17, 15) is 18.0 Å². The van der Waals surface area contributed by atoms with Gasteiger partial charge in [-0.2, -0.15) is 13.2 Å². The predicted molar refractivity (Wildman–Crippen MR) is 86.6 cm³/mol. The SMILES string of the molecule is O=C(NCc1ccccc1)c1[nH]c(C(F)(F)F)nc1-c1ccccc1. The molecule has 2 N–H and O–H groups in total. The summed E-state index contributed by atoms with van der Waals surface area (Å²) in [6.45, 7) is 0.203. The molecule has 1 aromatic heterocycles. The first-order valence-corrected chi connectivity index (χ1v) is 7.50. The maximum Gasteiger partial charge on any atom is 0.449 e. The summed E-state index contributed by atoms with van der Waals surface area (Å²) in [7, 11) is 0. The van der Waals surface area contributed by atoms with Crippen LogP contribution in [-0.2, 0) is 12.7 Å². The number of amides is 1. The van der Waals surface area contributed by atoms with Crippen LogP contribution in [0.2, 0.25) is 0 Å². The summed E-state index contributed by atoms with van der Waals surface area (Å²) in [5, 5.41) is 2.61. The van der Waals surface area contributed by atoms with Crippen LogP contribution < -0.4 is 5.32 Å². The van der Waals surface area contributed by atoms with Crippen molar-refractivity contribution >= 4 is 5.91 Å². The first kappa shape index (κ1) is 16.8. The van der Waals surface area contributed by atoms with Gasteiger partial charge in [0.05, 0.1) is 0 Å². The molecule has 0 aliphatic carbocycles. The number of carbonyl (C=O) groups excluding carboxylic acids is 1. The summed E-state index contributed by atoms with van der Waals surface area (Å²) in [6.07, 6.45) is -4.67. The van der Waals surface area contributed by atoms with Crippen molar-refractivity contribution in [1.82, 2.24) is 15.3 Å². The topological polar surface area (TPSA) is 57.8 Å². The van der Waals surface area contributed by atoms with Crippen LogP contribution in [0.3, 0.4) is 0 Å². The zero-order valence-corrected chi connectivity index (χ0v) is 13.0. The molecule has 0 bridgehead atoms. The summed E-state index contributed by atoms with van der Waals surface area (Å²) in [5.74, 6) is -1.85. The van der Waals surface area contributed by atoms with Crippen LogP contribution in [0, 0.1) is 0 Å². The highest BCUT2D eigenvalue weighted by atomic mass is 19.4. The van der Waals surface area contributed by atoms with Gasteiger partial charge >= 0.3 is 6.18 Å². The number of benzene rings is 2. The van der Waals surface area contributed by atoms with Crippen molar-refractivity contribution in [1.29, 1.82) is 0 Å². The van der Waals surface area contributed by atoms with E-state index in [-0.39, 0.29) is 17.9 Å². The number of aromatic nitrogens is 2. The average molecular weight is 345 g/mol. The Bertz CT molecular complexity index is 858. The second kappa shape index (κ2) is 6.80. The van der Waals surface area contributed by atoms with Crippen LogP contribution in [0.4, 0.5) is 13.2 Å². The lowest BCUT2D eigenvalue weighted by Gasteiger charge is -2.06. The van der Waals surface area contributed by atoms with Crippen LogP contribution in [0.1, 0.15) is 21.9 Å². The molecule has 0 atom stereocenters. The molecule has 0 fully saturated rings. The minimum absolute atomic E-state index is 0.0292. The first-order chi connectivity index (χ1) is 11.9. The summed E-state index contributed by atoms with van der Waals surface area (Å²) in [5.41, 5.74) is 1.03. The number of nitrogens with zero attached hydrogens (tertiary/aromatic N) is 1. The Morgan fingerprint density at radius 2 is 1.60 bits per heavy atom. The summed E-state index contributed by atoms with van der Waals surface area (Å²) >= 11 is 0. The number of nitrogens with one attached hydrogen (secondary N) is 2. The number of rotatable bonds is 4. The highest BCUT2D eigenvalue weighted by molar-refractivity contribution is 5.98. The lowest BCUT2D eigenvalue weighted by molar-refractivity contribution is -0.144. The van der Waals surface area contributed by atoms with Crippen molar-refractivity contribution in [2.24, 2.45) is 0 Å². The summed E-state index contributed by atoms with van der Waals surface area (Å²) < 4.78 is 39.0. The Kier molecular flexibility index (Phi) is 4.56. The molecule has 1 amide bonds. The fraction of sp³-hybridized carbons (Fsp3) is 0.111. The predicted octanol–water partition coefficient (Wildman–Crippen LogP) is 4.03. The fourth-order valence-corrected chi connectivity index (χ4v) is 2.34. The molecule has 3 rings (SSSR count). The normalized spacial score (nSPS) is 11.3. The van der Waals surface area contributed by atoms with Gasteiger partial charge in [0.25, 0.3) is 5.91 Å². The lowest BCUT2D eigenvalue weighted by atomic mass is 10.1. The maximum absolute atomic E-state index is 13.0. The second-order valence-electron chi connectivity index (χ2n) is 5.34. The molecule has 2 aromatic carbocycles. The van der Waals surface area contributed by atoms with Crippen molar-refractivity contribution in [3.8, 4) is 11.3 Å². The van der Waals surface area contributed by atoms with Crippen LogP contribution >= 0.6 is 0 Å². The van der Waals surface area contributed by atoms with E-state index in [1.807, 2.05) is 30.3 Å². The van der Waals surface area contributed by atoms with E-state index in [0.29, 0.717) is 5.56 Å². The molecule has 0 saturated carbocycles. The molecule has 7 heteroatoms. The van der Waals surface area contributed by atoms with Gasteiger partial charge in [-0.15, -0.1) is 0 Å². The maximum atomic E-state index is 13.0. The van der Waals surface area contributed by atoms with E-state index < -0.39 is 17.9 Å². The Morgan fingerprint density at radius 1 is 1.00 bits per heavy atom. The molecule has 128 valence electrons. The standard InChI is InChI=1S/C18H14F3N3O/c19-18(20,21)17-23-14(13-9-5-2-6-10-13)15(24-17)16(25)22-11-12-7-3-1-4-8-12/h1-10H,11H2,(H,22,25)(H,23,24). The zero-order chi connectivity index (χ0) is 17.9. The van der Waals surface area contributed by atoms with Gasteiger partial charge in [-0.1, -0.05) is 60.7 Å². The number of H-pyrrole nitrogens is 1. The minimum atomic E-state index is -4.67. The van der Waals surface area contributed by atoms with E-state index in [2.05, 4.69) is 15.3 Å². The van der Waals surface area contributed by atoms with E-state index in [1.54, 1.807) is 30.3 Å². The van der Waals surface area contributed by atoms with Gasteiger partial charge in [0, 0.05) is 12.1 Å². The Labute approximate surface area is 141 Å². The van der Waals surface area contributed by atoms with E-state index in [0.717, 1.165) is 5.56 Å². The number of alkyl halides is 3. The Hall–Kier alpha value is -3.09. The van der Waals surface area contributed by atoms with Crippen LogP contribution in [-0.4, -0.2) is 15.9 Å². The van der Waals surface area contributed by atoms with Gasteiger partial charge in [0.1, 0.15) is 11.4 Å². The minimum Gasteiger partial charge on any atom is -0.347 e. The largest absolute Gasteiger partial charge is 0.449 e. The number of aromatic amines is 1. The Balaban J connectivity index is 1.91. The van der Waals surface area contributed by atoms with Crippen LogP contribution in [0.15, 0.2) is 60.7 Å². The molecule has 0 aliphatic heterocycles. The van der Waals surface area contributed by atoms with E-state index in [1.165, 1.54) is 0 Å². The number of hydrogen-bond acceptors (Lipinski definition) is 2. The Morgan fingerprint density at radius 3 is 2.20 bits per heavy atom. The third kappa shape index (κ3) is 3.88. The third-order valence-electron chi connectivity index (χ3n) is 3.54. The van der Waals surface area contributed by atoms with Gasteiger partial charge in [-0.25, -0.2) is 4.98 Å². The lowest BCUT2D eigenvalue weighted by Crippen LogP contribution is -2.24. The van der Waals surface area contributed by atoms with Gasteiger partial charge < -0.3 is 10.3 Å². The summed E-state index contributed by atoms with van der Waals surface area (Å²) in [4.78, 5) is 18.1. The van der Waals surface area contributed by atoms with Crippen LogP contribution in [0.5, 0.6) is 0 Å². The van der Waals surface area contributed by atoms with Crippen molar-refractivity contribution in [2.75, 3.05) is 0 Å². The summed E-state index contributed by atoms with van der Waals surface area (Å²) in [6, 6.07) is 17.4. The van der Waals surface area contributed by atoms with E-state index >= 15 is 0 Å². The smallest absolute Gasteiger partial charge is 0.347 e. The van der Waals surface area contributed by atoms with Crippen molar-refractivity contribution in [3.05, 3.63) is 77.7 Å². The third-order valence-corrected chi connectivity index (χ3v) is 3.54. The van der Waals surface area contributed by atoms with Gasteiger partial charge in [-0.3, -0.25) is 4.79 Å². The quantitative estimate of drug-likeness (QED) is 0.750. The first-order valence-electron chi connectivity index (χ1n) is 7.50. The molecule has 3 aromatic rings. The fourth-order valence-electron chi connectivity index (χ4n) is 2.34. The van der Waals surface area contributed by atoms with E-state index in [4.69, 9.17) is 0 Å². The molecular weight excluding hydrogens is 331 g/mol. The molecule has 0 spiro atoms. The van der Waals surface area contributed by atoms with Gasteiger partial charge in [0.2, 0.25) is 5.82 Å². The monoisotopic (exact) mass is 345 g/mol. The van der Waals surface area contributed by atoms with Gasteiger partial charge in [-0.05, 0) is 5.56 Å². The van der Waals surface area contributed by atoms with Crippen molar-refractivity contribution in [2.45, 2.75) is 12.7 Å². The van der Waals surface area contributed by atoms with Gasteiger partial charge in [0.15, 0.2) is 0 Å². The van der Waals surface area contributed by atoms with Crippen molar-refractivity contribution < 1.29 is 18.0 Å². The number of halogens is 3. The molecule has 1 heterocycles. The molecule has 0 radical (unpaired) electrons. The number of hydrogen-bond donors (Lipinski definition) is 2. The van der Waals surface area contributed by atoms with Crippen molar-refractivity contribution in [3.63, 3.8) is 0 Å². The highest BCUT2D eigenvalue weighted by Crippen LogP contribution is 2.31. The average Bonchev–Trinajstić information content (AvgIpc) is 3.07. The number of carbonyl (C=O) groups is 1. The van der Waals surface area contributed by atoms with Crippen LogP contribution in [0.25, 0.3) is 11.3 Å². The number of imidazole rings is 1. The molecular formula is C18H14F3N3O. The molecule has 4 nitrogen and oxygen atoms in total. The second-order valence-corrected chi connectivity index (χ2v) is 5.34. The molecule has 0 unspecified atom stereocenters. The molecule has 0 aliphatic rings. The highest BCUT2D eigenvalue weighted by Gasteiger charge is 2.36.